The van der Waals surface area contributed by atoms with Gasteiger partial charge < -0.3 is 22.8 Å². The molecule has 2 rings (SSSR count). The Bertz CT molecular complexity index is 730. The maximum absolute atomic E-state index is 11.5. The minimum atomic E-state index is -3.78. The molecular formula is C24H36O8Si. The first-order valence-electron chi connectivity index (χ1n) is 11.7. The van der Waals surface area contributed by atoms with Crippen molar-refractivity contribution in [3.63, 3.8) is 0 Å². The number of benzene rings is 1. The predicted molar refractivity (Wildman–Crippen MR) is 124 cm³/mol. The maximum atomic E-state index is 11.5. The third-order valence-corrected chi connectivity index (χ3v) is 8.14. The Morgan fingerprint density at radius 1 is 0.848 bits per heavy atom. The molecule has 1 fully saturated rings. The van der Waals surface area contributed by atoms with Gasteiger partial charge in [-0.25, -0.2) is 0 Å². The van der Waals surface area contributed by atoms with E-state index in [0.29, 0.717) is 18.9 Å². The molecule has 184 valence electrons. The van der Waals surface area contributed by atoms with Crippen molar-refractivity contribution in [2.75, 3.05) is 13.2 Å². The number of carbonyl (C=O) groups excluding carboxylic acids is 3. The Labute approximate surface area is 197 Å². The molecule has 0 saturated heterocycles. The Morgan fingerprint density at radius 2 is 1.39 bits per heavy atom. The normalized spacial score (nSPS) is 18.3. The van der Waals surface area contributed by atoms with Gasteiger partial charge in [0.05, 0.1) is 18.8 Å². The van der Waals surface area contributed by atoms with Gasteiger partial charge in [-0.05, 0) is 62.1 Å². The molecule has 0 N–H and O–H groups in total. The fourth-order valence-corrected chi connectivity index (χ4v) is 6.35. The molecule has 0 aliphatic heterocycles. The molecule has 1 aromatic carbocycles. The smallest absolute Gasteiger partial charge is 0.494 e. The fraction of sp³-hybridized carbons (Fsp3) is 0.625. The summed E-state index contributed by atoms with van der Waals surface area (Å²) < 4.78 is 27.3. The van der Waals surface area contributed by atoms with Crippen molar-refractivity contribution in [1.82, 2.24) is 0 Å². The topological polar surface area (TPSA) is 97.4 Å². The second kappa shape index (κ2) is 13.3. The molecule has 0 aromatic heterocycles. The van der Waals surface area contributed by atoms with Crippen molar-refractivity contribution < 1.29 is 37.1 Å². The summed E-state index contributed by atoms with van der Waals surface area (Å²) in [6.07, 6.45) is 5.60. The van der Waals surface area contributed by atoms with Crippen LogP contribution in [0.1, 0.15) is 77.7 Å². The molecule has 0 amide bonds. The van der Waals surface area contributed by atoms with Gasteiger partial charge in [-0.1, -0.05) is 19.1 Å². The number of ether oxygens (including phenoxy) is 2. The molecular weight excluding hydrogens is 444 g/mol. The molecule has 1 aliphatic rings. The monoisotopic (exact) mass is 480 g/mol. The molecule has 9 heteroatoms. The Balaban J connectivity index is 1.79. The molecule has 1 aliphatic carbocycles. The molecule has 33 heavy (non-hydrogen) atoms. The van der Waals surface area contributed by atoms with Gasteiger partial charge in [-0.3, -0.25) is 14.4 Å². The summed E-state index contributed by atoms with van der Waals surface area (Å²) in [5.41, 5.74) is 1.33. The van der Waals surface area contributed by atoms with Crippen molar-refractivity contribution in [2.45, 2.75) is 84.3 Å². The van der Waals surface area contributed by atoms with Crippen LogP contribution in [0.5, 0.6) is 5.75 Å². The van der Waals surface area contributed by atoms with Gasteiger partial charge in [0.25, 0.3) is 17.9 Å². The van der Waals surface area contributed by atoms with E-state index >= 15 is 0 Å². The van der Waals surface area contributed by atoms with E-state index < -0.39 is 26.7 Å². The van der Waals surface area contributed by atoms with Gasteiger partial charge >= 0.3 is 8.80 Å². The van der Waals surface area contributed by atoms with Gasteiger partial charge in [0.2, 0.25) is 0 Å². The number of hydrogen-bond acceptors (Lipinski definition) is 8. The van der Waals surface area contributed by atoms with Crippen LogP contribution >= 0.6 is 0 Å². The van der Waals surface area contributed by atoms with E-state index in [1.165, 1.54) is 26.3 Å². The van der Waals surface area contributed by atoms with Crippen molar-refractivity contribution in [1.29, 1.82) is 0 Å². The molecule has 0 atom stereocenters. The summed E-state index contributed by atoms with van der Waals surface area (Å²) in [6, 6.07) is 8.52. The van der Waals surface area contributed by atoms with Gasteiger partial charge in [0.1, 0.15) is 5.75 Å². The van der Waals surface area contributed by atoms with E-state index in [-0.39, 0.29) is 12.1 Å². The van der Waals surface area contributed by atoms with E-state index in [0.717, 1.165) is 44.5 Å². The van der Waals surface area contributed by atoms with Crippen LogP contribution in [-0.4, -0.2) is 46.0 Å². The third-order valence-electron chi connectivity index (χ3n) is 5.38. The zero-order valence-electron chi connectivity index (χ0n) is 20.1. The number of hydrogen-bond donors (Lipinski definition) is 0. The van der Waals surface area contributed by atoms with E-state index in [2.05, 4.69) is 19.1 Å². The van der Waals surface area contributed by atoms with Crippen LogP contribution in [0.25, 0.3) is 0 Å². The van der Waals surface area contributed by atoms with Crippen LogP contribution in [-0.2, 0) is 32.4 Å². The highest BCUT2D eigenvalue weighted by molar-refractivity contribution is 6.65. The van der Waals surface area contributed by atoms with E-state index in [4.69, 9.17) is 22.8 Å². The van der Waals surface area contributed by atoms with Crippen molar-refractivity contribution in [2.24, 2.45) is 0 Å². The van der Waals surface area contributed by atoms with Crippen molar-refractivity contribution >= 4 is 26.7 Å². The van der Waals surface area contributed by atoms with Crippen LogP contribution < -0.4 is 4.74 Å². The quantitative estimate of drug-likeness (QED) is 0.318. The lowest BCUT2D eigenvalue weighted by Crippen LogP contribution is -2.49. The Kier molecular flexibility index (Phi) is 10.9. The number of carbonyl (C=O) groups is 3. The third kappa shape index (κ3) is 9.55. The van der Waals surface area contributed by atoms with Crippen molar-refractivity contribution in [3.8, 4) is 5.75 Å². The lowest BCUT2D eigenvalue weighted by molar-refractivity contribution is -0.147. The molecule has 1 saturated carbocycles. The second-order valence-corrected chi connectivity index (χ2v) is 10.8. The summed E-state index contributed by atoms with van der Waals surface area (Å²) in [5, 5.41) is 0. The van der Waals surface area contributed by atoms with Gasteiger partial charge in [-0.2, -0.15) is 0 Å². The minimum absolute atomic E-state index is 0.132. The summed E-state index contributed by atoms with van der Waals surface area (Å²) in [6.45, 7) is 6.79. The van der Waals surface area contributed by atoms with E-state index in [9.17, 15) is 14.4 Å². The first-order chi connectivity index (χ1) is 15.7. The molecule has 0 spiro atoms. The highest BCUT2D eigenvalue weighted by Crippen LogP contribution is 2.35. The molecule has 0 unspecified atom stereocenters. The minimum Gasteiger partial charge on any atom is -0.494 e. The fourth-order valence-electron chi connectivity index (χ4n) is 4.03. The van der Waals surface area contributed by atoms with Gasteiger partial charge in [-0.15, -0.1) is 0 Å². The Hall–Kier alpha value is -2.39. The molecule has 0 radical (unpaired) electrons. The van der Waals surface area contributed by atoms with Crippen LogP contribution in [0.4, 0.5) is 0 Å². The molecule has 1 aromatic rings. The predicted octanol–water partition coefficient (Wildman–Crippen LogP) is 4.54. The summed E-state index contributed by atoms with van der Waals surface area (Å²) in [5.74, 6) is -0.550. The van der Waals surface area contributed by atoms with E-state index in [1.54, 1.807) is 0 Å². The lowest BCUT2D eigenvalue weighted by atomic mass is 9.83. The summed E-state index contributed by atoms with van der Waals surface area (Å²) in [4.78, 5) is 34.5. The zero-order valence-corrected chi connectivity index (χ0v) is 21.1. The van der Waals surface area contributed by atoms with Gasteiger partial charge in [0.15, 0.2) is 0 Å². The van der Waals surface area contributed by atoms with Crippen LogP contribution in [0.15, 0.2) is 24.3 Å². The average molecular weight is 481 g/mol. The zero-order chi connectivity index (χ0) is 24.3. The molecule has 0 bridgehead atoms. The summed E-state index contributed by atoms with van der Waals surface area (Å²) in [7, 11) is -3.78. The standard InChI is InChI=1S/C24H36O8Si/c1-5-15-28-23-11-7-21(8-12-23)22-9-13-24(14-10-22)29-16-6-17-33(30-18(2)25,31-19(3)26)32-20(4)27/h7-8,11-12,22,24H,5-6,9-10,13-17H2,1-4H3/t22-,24-. The highest BCUT2D eigenvalue weighted by Gasteiger charge is 2.51. The SMILES string of the molecule is CCCOc1ccc([C@H]2CC[C@H](OCCC[Si](OC(C)=O)(OC(C)=O)OC(C)=O)CC2)cc1. The highest BCUT2D eigenvalue weighted by atomic mass is 28.4. The number of rotatable bonds is 12. The Morgan fingerprint density at radius 3 is 1.88 bits per heavy atom. The maximum Gasteiger partial charge on any atom is 0.705 e. The first-order valence-corrected chi connectivity index (χ1v) is 13.6. The average Bonchev–Trinajstić information content (AvgIpc) is 2.74. The molecule has 8 nitrogen and oxygen atoms in total. The first kappa shape index (κ1) is 26.9. The van der Waals surface area contributed by atoms with Crippen LogP contribution in [0.3, 0.4) is 0 Å². The van der Waals surface area contributed by atoms with Gasteiger partial charge in [0, 0.05) is 27.4 Å². The lowest BCUT2D eigenvalue weighted by Gasteiger charge is -2.29. The van der Waals surface area contributed by atoms with Crippen LogP contribution in [0, 0.1) is 0 Å². The van der Waals surface area contributed by atoms with E-state index in [1.807, 2.05) is 12.1 Å². The van der Waals surface area contributed by atoms with Crippen molar-refractivity contribution in [3.05, 3.63) is 29.8 Å². The summed E-state index contributed by atoms with van der Waals surface area (Å²) >= 11 is 0. The second-order valence-electron chi connectivity index (χ2n) is 8.33. The van der Waals surface area contributed by atoms with Crippen LogP contribution in [0.2, 0.25) is 6.04 Å². The largest absolute Gasteiger partial charge is 0.705 e. The molecule has 0 heterocycles.